The lowest BCUT2D eigenvalue weighted by molar-refractivity contribution is 0.465. The van der Waals surface area contributed by atoms with Crippen LogP contribution in [0.15, 0.2) is 18.2 Å². The van der Waals surface area contributed by atoms with E-state index in [1.807, 2.05) is 26.0 Å². The molecule has 18 heavy (non-hydrogen) atoms. The maximum absolute atomic E-state index is 9.92. The van der Waals surface area contributed by atoms with Crippen molar-refractivity contribution in [2.75, 3.05) is 5.32 Å². The molecule has 1 unspecified atom stereocenters. The Bertz CT molecular complexity index is 539. The number of phenolic OH excluding ortho intramolecular Hbond substituents is 1. The number of rotatable bonds is 4. The summed E-state index contributed by atoms with van der Waals surface area (Å²) >= 11 is 1.55. The molecule has 0 aliphatic heterocycles. The van der Waals surface area contributed by atoms with Crippen LogP contribution in [0.3, 0.4) is 0 Å². The fraction of sp³-hybridized carbons (Fsp3) is 0.385. The van der Waals surface area contributed by atoms with Crippen LogP contribution >= 0.6 is 11.3 Å². The topological polar surface area (TPSA) is 58.0 Å². The van der Waals surface area contributed by atoms with Crippen LogP contribution in [0.5, 0.6) is 5.75 Å². The van der Waals surface area contributed by atoms with Crippen LogP contribution < -0.4 is 5.32 Å². The highest BCUT2D eigenvalue weighted by Gasteiger charge is 2.12. The van der Waals surface area contributed by atoms with E-state index in [1.165, 1.54) is 0 Å². The maximum Gasteiger partial charge on any atom is 0.206 e. The van der Waals surface area contributed by atoms with Gasteiger partial charge in [-0.1, -0.05) is 30.4 Å². The number of hydrogen-bond donors (Lipinski definition) is 2. The molecule has 96 valence electrons. The van der Waals surface area contributed by atoms with E-state index in [9.17, 15) is 5.11 Å². The van der Waals surface area contributed by atoms with Gasteiger partial charge in [-0.15, -0.1) is 10.2 Å². The second-order valence-corrected chi connectivity index (χ2v) is 5.34. The molecule has 0 aliphatic carbocycles. The molecule has 0 radical (unpaired) electrons. The molecule has 0 spiro atoms. The van der Waals surface area contributed by atoms with Crippen molar-refractivity contribution >= 4 is 16.5 Å². The van der Waals surface area contributed by atoms with E-state index in [0.717, 1.165) is 27.7 Å². The van der Waals surface area contributed by atoms with Crippen LogP contribution in [0.1, 0.15) is 36.0 Å². The van der Waals surface area contributed by atoms with E-state index in [4.69, 9.17) is 0 Å². The molecule has 4 nitrogen and oxygen atoms in total. The van der Waals surface area contributed by atoms with Gasteiger partial charge in [0.15, 0.2) is 0 Å². The molecule has 0 aliphatic rings. The first-order valence-corrected chi connectivity index (χ1v) is 6.80. The van der Waals surface area contributed by atoms with Gasteiger partial charge in [0.1, 0.15) is 10.8 Å². The summed E-state index contributed by atoms with van der Waals surface area (Å²) in [6, 6.07) is 5.70. The van der Waals surface area contributed by atoms with Gasteiger partial charge in [-0.25, -0.2) is 0 Å². The number of hydrogen-bond acceptors (Lipinski definition) is 5. The van der Waals surface area contributed by atoms with Crippen molar-refractivity contribution in [1.82, 2.24) is 10.2 Å². The van der Waals surface area contributed by atoms with E-state index < -0.39 is 0 Å². The summed E-state index contributed by atoms with van der Waals surface area (Å²) in [4.78, 5) is 0. The van der Waals surface area contributed by atoms with Gasteiger partial charge < -0.3 is 10.4 Å². The van der Waals surface area contributed by atoms with Gasteiger partial charge >= 0.3 is 0 Å². The Morgan fingerprint density at radius 1 is 1.39 bits per heavy atom. The first-order valence-electron chi connectivity index (χ1n) is 5.98. The Labute approximate surface area is 111 Å². The van der Waals surface area contributed by atoms with Crippen LogP contribution in [0.2, 0.25) is 0 Å². The van der Waals surface area contributed by atoms with Crippen LogP contribution in [-0.2, 0) is 6.42 Å². The number of phenols is 1. The summed E-state index contributed by atoms with van der Waals surface area (Å²) in [6.45, 7) is 6.01. The number of anilines is 1. The van der Waals surface area contributed by atoms with Crippen molar-refractivity contribution in [2.45, 2.75) is 33.2 Å². The maximum atomic E-state index is 9.92. The highest BCUT2D eigenvalue weighted by atomic mass is 32.1. The molecule has 0 fully saturated rings. The largest absolute Gasteiger partial charge is 0.508 e. The second kappa shape index (κ2) is 5.35. The van der Waals surface area contributed by atoms with E-state index in [0.29, 0.717) is 5.75 Å². The monoisotopic (exact) mass is 263 g/mol. The lowest BCUT2D eigenvalue weighted by atomic mass is 10.1. The molecule has 0 bridgehead atoms. The highest BCUT2D eigenvalue weighted by Crippen LogP contribution is 2.28. The quantitative estimate of drug-likeness (QED) is 0.888. The zero-order chi connectivity index (χ0) is 13.1. The van der Waals surface area contributed by atoms with E-state index >= 15 is 0 Å². The molecule has 2 aromatic rings. The minimum Gasteiger partial charge on any atom is -0.508 e. The fourth-order valence-corrected chi connectivity index (χ4v) is 2.50. The molecule has 1 heterocycles. The third kappa shape index (κ3) is 2.79. The highest BCUT2D eigenvalue weighted by molar-refractivity contribution is 7.15. The molecule has 1 aromatic carbocycles. The van der Waals surface area contributed by atoms with E-state index in [-0.39, 0.29) is 6.04 Å². The van der Waals surface area contributed by atoms with Crippen LogP contribution in [-0.4, -0.2) is 15.3 Å². The number of nitrogens with one attached hydrogen (secondary N) is 1. The Hall–Kier alpha value is -1.62. The molecule has 0 saturated carbocycles. The number of aromatic nitrogens is 2. The smallest absolute Gasteiger partial charge is 0.206 e. The SMILES string of the molecule is CCc1nnc(NC(C)c2ccc(C)cc2O)s1. The molecule has 2 N–H and O–H groups in total. The fourth-order valence-electron chi connectivity index (χ4n) is 1.74. The Kier molecular flexibility index (Phi) is 3.81. The number of nitrogens with zero attached hydrogens (tertiary/aromatic N) is 2. The molecule has 5 heteroatoms. The predicted molar refractivity (Wildman–Crippen MR) is 74.2 cm³/mol. The van der Waals surface area contributed by atoms with Crippen LogP contribution in [0.4, 0.5) is 5.13 Å². The summed E-state index contributed by atoms with van der Waals surface area (Å²) < 4.78 is 0. The second-order valence-electron chi connectivity index (χ2n) is 4.28. The lowest BCUT2D eigenvalue weighted by Crippen LogP contribution is -2.06. The van der Waals surface area contributed by atoms with Gasteiger partial charge in [-0.2, -0.15) is 0 Å². The van der Waals surface area contributed by atoms with Crippen molar-refractivity contribution in [3.63, 3.8) is 0 Å². The van der Waals surface area contributed by atoms with E-state index in [2.05, 4.69) is 22.4 Å². The average Bonchev–Trinajstić information content (AvgIpc) is 2.76. The van der Waals surface area contributed by atoms with Crippen molar-refractivity contribution in [3.8, 4) is 5.75 Å². The number of benzene rings is 1. The molecule has 0 saturated heterocycles. The third-order valence-corrected chi connectivity index (χ3v) is 3.76. The first-order chi connectivity index (χ1) is 8.60. The average molecular weight is 263 g/mol. The van der Waals surface area contributed by atoms with Crippen molar-refractivity contribution in [1.29, 1.82) is 0 Å². The minimum atomic E-state index is 0.00301. The zero-order valence-electron chi connectivity index (χ0n) is 10.8. The van der Waals surface area contributed by atoms with Gasteiger partial charge in [-0.05, 0) is 31.9 Å². The Balaban J connectivity index is 2.13. The summed E-state index contributed by atoms with van der Waals surface area (Å²) in [5, 5.41) is 23.1. The molecule has 1 aromatic heterocycles. The van der Waals surface area contributed by atoms with Gasteiger partial charge in [-0.3, -0.25) is 0 Å². The molecular weight excluding hydrogens is 246 g/mol. The summed E-state index contributed by atoms with van der Waals surface area (Å²) in [7, 11) is 0. The Morgan fingerprint density at radius 2 is 2.17 bits per heavy atom. The number of aromatic hydroxyl groups is 1. The van der Waals surface area contributed by atoms with Crippen molar-refractivity contribution < 1.29 is 5.11 Å². The lowest BCUT2D eigenvalue weighted by Gasteiger charge is -2.14. The van der Waals surface area contributed by atoms with Gasteiger partial charge in [0.25, 0.3) is 0 Å². The molecule has 2 rings (SSSR count). The first kappa shape index (κ1) is 12.8. The van der Waals surface area contributed by atoms with Crippen LogP contribution in [0.25, 0.3) is 0 Å². The predicted octanol–water partition coefficient (Wildman–Crippen LogP) is 3.29. The van der Waals surface area contributed by atoms with Crippen molar-refractivity contribution in [2.24, 2.45) is 0 Å². The normalized spacial score (nSPS) is 12.4. The molecular formula is C13H17N3OS. The zero-order valence-corrected chi connectivity index (χ0v) is 11.6. The third-order valence-electron chi connectivity index (χ3n) is 2.76. The van der Waals surface area contributed by atoms with Crippen LogP contribution in [0, 0.1) is 6.92 Å². The van der Waals surface area contributed by atoms with Gasteiger partial charge in [0, 0.05) is 5.56 Å². The van der Waals surface area contributed by atoms with Gasteiger partial charge in [0.05, 0.1) is 6.04 Å². The molecule has 0 amide bonds. The Morgan fingerprint density at radius 3 is 2.78 bits per heavy atom. The number of aryl methyl sites for hydroxylation is 2. The van der Waals surface area contributed by atoms with Gasteiger partial charge in [0.2, 0.25) is 5.13 Å². The summed E-state index contributed by atoms with van der Waals surface area (Å²) in [5.41, 5.74) is 1.92. The summed E-state index contributed by atoms with van der Waals surface area (Å²) in [5.74, 6) is 0.315. The van der Waals surface area contributed by atoms with E-state index in [1.54, 1.807) is 17.4 Å². The summed E-state index contributed by atoms with van der Waals surface area (Å²) in [6.07, 6.45) is 0.892. The standard InChI is InChI=1S/C13H17N3OS/c1-4-12-15-16-13(18-12)14-9(3)10-6-5-8(2)7-11(10)17/h5-7,9,17H,4H2,1-3H3,(H,14,16). The van der Waals surface area contributed by atoms with Crippen molar-refractivity contribution in [3.05, 3.63) is 34.3 Å². The minimum absolute atomic E-state index is 0.00301. The molecule has 1 atom stereocenters.